The molecule has 0 aromatic heterocycles. The third-order valence-corrected chi connectivity index (χ3v) is 3.80. The highest BCUT2D eigenvalue weighted by Gasteiger charge is 2.45. The number of likely N-dealkylation sites (tertiary alicyclic amines) is 1. The van der Waals surface area contributed by atoms with E-state index in [0.717, 1.165) is 6.42 Å². The first-order valence-electron chi connectivity index (χ1n) is 6.71. The number of nitrogens with zero attached hydrogens (tertiary/aromatic N) is 2. The zero-order chi connectivity index (χ0) is 14.5. The van der Waals surface area contributed by atoms with E-state index >= 15 is 0 Å². The number of amides is 2. The molecule has 1 heterocycles. The van der Waals surface area contributed by atoms with E-state index in [2.05, 4.69) is 5.92 Å². The number of urea groups is 1. The van der Waals surface area contributed by atoms with Crippen LogP contribution >= 0.6 is 0 Å². The summed E-state index contributed by atoms with van der Waals surface area (Å²) >= 11 is 0. The number of carbonyl (C=O) groups excluding carboxylic acids is 1. The predicted octanol–water partition coefficient (Wildman–Crippen LogP) is 1.64. The number of carboxylic acid groups (broad SMARTS) is 1. The first-order valence-corrected chi connectivity index (χ1v) is 6.71. The van der Waals surface area contributed by atoms with Gasteiger partial charge in [0.05, 0.1) is 12.0 Å². The van der Waals surface area contributed by atoms with Crippen molar-refractivity contribution in [2.75, 3.05) is 26.2 Å². The molecule has 0 aliphatic carbocycles. The van der Waals surface area contributed by atoms with E-state index in [4.69, 9.17) is 6.42 Å². The molecule has 1 rings (SSSR count). The Morgan fingerprint density at radius 2 is 2.16 bits per heavy atom. The van der Waals surface area contributed by atoms with Gasteiger partial charge < -0.3 is 14.9 Å². The van der Waals surface area contributed by atoms with Crippen molar-refractivity contribution in [3.05, 3.63) is 0 Å². The molecule has 5 heteroatoms. The lowest BCUT2D eigenvalue weighted by Gasteiger charge is -2.28. The highest BCUT2D eigenvalue weighted by Crippen LogP contribution is 2.34. The van der Waals surface area contributed by atoms with Crippen LogP contribution in [-0.2, 0) is 4.79 Å². The smallest absolute Gasteiger partial charge is 0.320 e. The predicted molar refractivity (Wildman–Crippen MR) is 72.6 cm³/mol. The summed E-state index contributed by atoms with van der Waals surface area (Å²) in [4.78, 5) is 26.9. The molecule has 1 saturated heterocycles. The summed E-state index contributed by atoms with van der Waals surface area (Å²) in [6.07, 6.45) is 7.15. The summed E-state index contributed by atoms with van der Waals surface area (Å²) < 4.78 is 0. The monoisotopic (exact) mass is 266 g/mol. The topological polar surface area (TPSA) is 60.9 Å². The molecule has 0 spiro atoms. The van der Waals surface area contributed by atoms with Gasteiger partial charge in [0.2, 0.25) is 0 Å². The second-order valence-electron chi connectivity index (χ2n) is 5.02. The SMILES string of the molecule is C#CCN(CCC)C(=O)N1CCC(CC)(C(=O)O)C1. The van der Waals surface area contributed by atoms with Crippen LogP contribution in [-0.4, -0.2) is 53.1 Å². The molecule has 106 valence electrons. The fraction of sp³-hybridized carbons (Fsp3) is 0.714. The number of hydrogen-bond acceptors (Lipinski definition) is 2. The van der Waals surface area contributed by atoms with Gasteiger partial charge in [-0.05, 0) is 19.3 Å². The normalized spacial score (nSPS) is 22.1. The minimum Gasteiger partial charge on any atom is -0.481 e. The van der Waals surface area contributed by atoms with E-state index in [9.17, 15) is 14.7 Å². The van der Waals surface area contributed by atoms with Crippen LogP contribution in [0.25, 0.3) is 0 Å². The zero-order valence-corrected chi connectivity index (χ0v) is 11.7. The van der Waals surface area contributed by atoms with Crippen molar-refractivity contribution >= 4 is 12.0 Å². The lowest BCUT2D eigenvalue weighted by molar-refractivity contribution is -0.148. The quantitative estimate of drug-likeness (QED) is 0.769. The maximum atomic E-state index is 12.3. The summed E-state index contributed by atoms with van der Waals surface area (Å²) in [5.74, 6) is 1.66. The standard InChI is InChI=1S/C14H22N2O3/c1-4-8-15(9-5-2)13(19)16-10-7-14(6-3,11-16)12(17)18/h1H,5-11H2,2-3H3,(H,17,18). The summed E-state index contributed by atoms with van der Waals surface area (Å²) in [6.45, 7) is 5.48. The van der Waals surface area contributed by atoms with Gasteiger partial charge in [-0.1, -0.05) is 19.8 Å². The van der Waals surface area contributed by atoms with Crippen molar-refractivity contribution in [2.24, 2.45) is 5.41 Å². The molecule has 0 saturated carbocycles. The van der Waals surface area contributed by atoms with E-state index in [1.807, 2.05) is 13.8 Å². The molecule has 1 aliphatic heterocycles. The molecule has 1 fully saturated rings. The average molecular weight is 266 g/mol. The Hall–Kier alpha value is -1.70. The summed E-state index contributed by atoms with van der Waals surface area (Å²) in [5.41, 5.74) is -0.788. The van der Waals surface area contributed by atoms with Crippen LogP contribution < -0.4 is 0 Å². The Balaban J connectivity index is 2.75. The molecule has 0 aromatic rings. The molecule has 0 radical (unpaired) electrons. The molecule has 1 N–H and O–H groups in total. The fourth-order valence-corrected chi connectivity index (χ4v) is 2.47. The number of hydrogen-bond donors (Lipinski definition) is 1. The van der Waals surface area contributed by atoms with Gasteiger partial charge in [0.15, 0.2) is 0 Å². The Labute approximate surface area is 114 Å². The second kappa shape index (κ2) is 6.46. The summed E-state index contributed by atoms with van der Waals surface area (Å²) in [7, 11) is 0. The average Bonchev–Trinajstić information content (AvgIpc) is 2.83. The number of carboxylic acids is 1. The van der Waals surface area contributed by atoms with Crippen molar-refractivity contribution in [3.8, 4) is 12.3 Å². The lowest BCUT2D eigenvalue weighted by atomic mass is 9.84. The van der Waals surface area contributed by atoms with Crippen LogP contribution in [0.1, 0.15) is 33.1 Å². The van der Waals surface area contributed by atoms with Gasteiger partial charge in [-0.15, -0.1) is 6.42 Å². The van der Waals surface area contributed by atoms with E-state index < -0.39 is 11.4 Å². The van der Waals surface area contributed by atoms with Crippen LogP contribution in [0.5, 0.6) is 0 Å². The van der Waals surface area contributed by atoms with Crippen LogP contribution in [0.15, 0.2) is 0 Å². The molecule has 2 amide bonds. The van der Waals surface area contributed by atoms with Crippen LogP contribution in [0.4, 0.5) is 4.79 Å². The van der Waals surface area contributed by atoms with Crippen molar-refractivity contribution < 1.29 is 14.7 Å². The van der Waals surface area contributed by atoms with Gasteiger partial charge in [0.1, 0.15) is 0 Å². The maximum absolute atomic E-state index is 12.3. The molecule has 5 nitrogen and oxygen atoms in total. The van der Waals surface area contributed by atoms with E-state index in [1.54, 1.807) is 9.80 Å². The van der Waals surface area contributed by atoms with Gasteiger partial charge in [0, 0.05) is 19.6 Å². The fourth-order valence-electron chi connectivity index (χ4n) is 2.47. The molecule has 1 unspecified atom stereocenters. The first-order chi connectivity index (χ1) is 9.00. The van der Waals surface area contributed by atoms with Crippen LogP contribution in [0.3, 0.4) is 0 Å². The summed E-state index contributed by atoms with van der Waals surface area (Å²) in [5, 5.41) is 9.32. The first kappa shape index (κ1) is 15.4. The number of aliphatic carboxylic acids is 1. The van der Waals surface area contributed by atoms with Crippen molar-refractivity contribution in [3.63, 3.8) is 0 Å². The van der Waals surface area contributed by atoms with E-state index in [-0.39, 0.29) is 19.1 Å². The molecule has 1 atom stereocenters. The zero-order valence-electron chi connectivity index (χ0n) is 11.7. The molecule has 1 aliphatic rings. The van der Waals surface area contributed by atoms with Crippen LogP contribution in [0, 0.1) is 17.8 Å². The third-order valence-electron chi connectivity index (χ3n) is 3.80. The van der Waals surface area contributed by atoms with Gasteiger partial charge >= 0.3 is 12.0 Å². The third kappa shape index (κ3) is 3.19. The number of rotatable bonds is 5. The minimum absolute atomic E-state index is 0.142. The molecule has 0 aromatic carbocycles. The summed E-state index contributed by atoms with van der Waals surface area (Å²) in [6, 6.07) is -0.142. The number of carbonyl (C=O) groups is 2. The van der Waals surface area contributed by atoms with Gasteiger partial charge in [-0.3, -0.25) is 4.79 Å². The van der Waals surface area contributed by atoms with Crippen molar-refractivity contribution in [1.82, 2.24) is 9.80 Å². The Morgan fingerprint density at radius 1 is 1.47 bits per heavy atom. The van der Waals surface area contributed by atoms with E-state index in [1.165, 1.54) is 0 Å². The molecular weight excluding hydrogens is 244 g/mol. The highest BCUT2D eigenvalue weighted by atomic mass is 16.4. The minimum atomic E-state index is -0.815. The van der Waals surface area contributed by atoms with Gasteiger partial charge in [-0.2, -0.15) is 0 Å². The van der Waals surface area contributed by atoms with Gasteiger partial charge in [-0.25, -0.2) is 4.79 Å². The Kier molecular flexibility index (Phi) is 5.22. The lowest BCUT2D eigenvalue weighted by Crippen LogP contribution is -2.44. The molecular formula is C14H22N2O3. The van der Waals surface area contributed by atoms with E-state index in [0.29, 0.717) is 25.9 Å². The highest BCUT2D eigenvalue weighted by molar-refractivity contribution is 5.80. The maximum Gasteiger partial charge on any atom is 0.320 e. The van der Waals surface area contributed by atoms with Crippen molar-refractivity contribution in [2.45, 2.75) is 33.1 Å². The second-order valence-corrected chi connectivity index (χ2v) is 5.02. The molecule has 19 heavy (non-hydrogen) atoms. The largest absolute Gasteiger partial charge is 0.481 e. The molecule has 0 bridgehead atoms. The van der Waals surface area contributed by atoms with Crippen molar-refractivity contribution in [1.29, 1.82) is 0 Å². The van der Waals surface area contributed by atoms with Crippen LogP contribution in [0.2, 0.25) is 0 Å². The van der Waals surface area contributed by atoms with Gasteiger partial charge in [0.25, 0.3) is 0 Å². The Bertz CT molecular complexity index is 389. The Morgan fingerprint density at radius 3 is 2.58 bits per heavy atom. The number of terminal acetylenes is 1.